The van der Waals surface area contributed by atoms with Gasteiger partial charge in [0, 0.05) is 24.6 Å². The molecule has 3 atom stereocenters. The van der Waals surface area contributed by atoms with Gasteiger partial charge >= 0.3 is 5.97 Å². The highest BCUT2D eigenvalue weighted by Crippen LogP contribution is 2.34. The minimum atomic E-state index is -2.32. The Kier molecular flexibility index (Phi) is 6.17. The maximum absolute atomic E-state index is 14.3. The largest absolute Gasteiger partial charge is 0.469 e. The van der Waals surface area contributed by atoms with Gasteiger partial charge in [-0.3, -0.25) is 9.35 Å². The van der Waals surface area contributed by atoms with E-state index in [1.54, 1.807) is 0 Å². The number of ether oxygens (including phenoxy) is 2. The lowest BCUT2D eigenvalue weighted by atomic mass is 9.82. The molecule has 1 aliphatic rings. The Hall–Kier alpha value is -1.42. The summed E-state index contributed by atoms with van der Waals surface area (Å²) in [6, 6.07) is 1.95. The summed E-state index contributed by atoms with van der Waals surface area (Å²) in [6.07, 6.45) is 0.366. The minimum absolute atomic E-state index is 0.0338. The summed E-state index contributed by atoms with van der Waals surface area (Å²) >= 11 is -2.32. The van der Waals surface area contributed by atoms with Crippen LogP contribution >= 0.6 is 0 Å². The number of halogens is 2. The summed E-state index contributed by atoms with van der Waals surface area (Å²) in [4.78, 5) is 11.8. The topological polar surface area (TPSA) is 84.9 Å². The highest BCUT2D eigenvalue weighted by atomic mass is 32.2. The standard InChI is InChI=1S/C14H17F2NO5S/c1-21-14(18)9-2-3-22-7-11(9)10-5-12(15)8(4-13(10)16)6-17-23(19)20/h4-5,9,11,17H,2-3,6-7H2,1H3,(H,19,20)/t9-,11-/m0/s1. The number of nitrogens with one attached hydrogen (secondary N) is 1. The number of hydrogen-bond donors (Lipinski definition) is 2. The SMILES string of the molecule is COC(=O)[C@H]1CCOC[C@@H]1c1cc(F)c(CNS(=O)O)cc1F. The van der Waals surface area contributed by atoms with Crippen LogP contribution < -0.4 is 4.72 Å². The molecule has 1 fully saturated rings. The smallest absolute Gasteiger partial charge is 0.309 e. The van der Waals surface area contributed by atoms with Crippen molar-refractivity contribution in [1.29, 1.82) is 0 Å². The lowest BCUT2D eigenvalue weighted by Gasteiger charge is -2.30. The van der Waals surface area contributed by atoms with Crippen molar-refractivity contribution < 1.29 is 31.8 Å². The number of benzene rings is 1. The third-order valence-corrected chi connectivity index (χ3v) is 4.20. The van der Waals surface area contributed by atoms with Crippen molar-refractivity contribution in [3.8, 4) is 0 Å². The van der Waals surface area contributed by atoms with Gasteiger partial charge in [-0.1, -0.05) is 0 Å². The molecule has 0 radical (unpaired) electrons. The summed E-state index contributed by atoms with van der Waals surface area (Å²) in [5.74, 6) is -3.15. The molecule has 1 aromatic rings. The molecule has 23 heavy (non-hydrogen) atoms. The van der Waals surface area contributed by atoms with Crippen molar-refractivity contribution in [2.45, 2.75) is 18.9 Å². The van der Waals surface area contributed by atoms with Gasteiger partial charge in [0.05, 0.1) is 19.6 Å². The van der Waals surface area contributed by atoms with Gasteiger partial charge in [0.15, 0.2) is 0 Å². The Bertz CT molecular complexity index is 613. The fraction of sp³-hybridized carbons (Fsp3) is 0.500. The van der Waals surface area contributed by atoms with Crippen molar-refractivity contribution in [3.05, 3.63) is 34.9 Å². The average molecular weight is 349 g/mol. The maximum Gasteiger partial charge on any atom is 0.309 e. The number of methoxy groups -OCH3 is 1. The molecule has 9 heteroatoms. The van der Waals surface area contributed by atoms with E-state index < -0.39 is 40.7 Å². The second-order valence-corrected chi connectivity index (χ2v) is 5.92. The van der Waals surface area contributed by atoms with E-state index in [0.29, 0.717) is 13.0 Å². The summed E-state index contributed by atoms with van der Waals surface area (Å²) in [5.41, 5.74) is -0.0496. The highest BCUT2D eigenvalue weighted by Gasteiger charge is 2.35. The van der Waals surface area contributed by atoms with Crippen LogP contribution in [0, 0.1) is 17.6 Å². The monoisotopic (exact) mass is 349 g/mol. The van der Waals surface area contributed by atoms with Crippen molar-refractivity contribution in [3.63, 3.8) is 0 Å². The Morgan fingerprint density at radius 1 is 1.48 bits per heavy atom. The molecule has 0 saturated carbocycles. The molecule has 2 N–H and O–H groups in total. The minimum Gasteiger partial charge on any atom is -0.469 e. The summed E-state index contributed by atoms with van der Waals surface area (Å²) < 4.78 is 59.7. The van der Waals surface area contributed by atoms with E-state index in [0.717, 1.165) is 12.1 Å². The first-order valence-corrected chi connectivity index (χ1v) is 8.02. The first-order valence-electron chi connectivity index (χ1n) is 6.91. The summed E-state index contributed by atoms with van der Waals surface area (Å²) in [6.45, 7) is 0.146. The van der Waals surface area contributed by atoms with Crippen LogP contribution in [0.4, 0.5) is 8.78 Å². The van der Waals surface area contributed by atoms with Crippen LogP contribution in [0.3, 0.4) is 0 Å². The van der Waals surface area contributed by atoms with E-state index >= 15 is 0 Å². The van der Waals surface area contributed by atoms with Crippen LogP contribution in [-0.4, -0.2) is 35.1 Å². The van der Waals surface area contributed by atoms with E-state index in [1.165, 1.54) is 7.11 Å². The lowest BCUT2D eigenvalue weighted by molar-refractivity contribution is -0.149. The van der Waals surface area contributed by atoms with Crippen LogP contribution in [0.25, 0.3) is 0 Å². The average Bonchev–Trinajstić information content (AvgIpc) is 2.54. The highest BCUT2D eigenvalue weighted by molar-refractivity contribution is 7.77. The van der Waals surface area contributed by atoms with Crippen molar-refractivity contribution in [1.82, 2.24) is 4.72 Å². The molecule has 1 saturated heterocycles. The molecule has 128 valence electrons. The molecule has 0 spiro atoms. The molecule has 0 aliphatic carbocycles. The van der Waals surface area contributed by atoms with Crippen LogP contribution in [0.2, 0.25) is 0 Å². The number of hydrogen-bond acceptors (Lipinski definition) is 4. The third-order valence-electron chi connectivity index (χ3n) is 3.81. The first-order chi connectivity index (χ1) is 10.9. The van der Waals surface area contributed by atoms with E-state index in [9.17, 15) is 17.8 Å². The zero-order chi connectivity index (χ0) is 17.0. The molecule has 0 amide bonds. The van der Waals surface area contributed by atoms with E-state index in [-0.39, 0.29) is 24.3 Å². The molecular formula is C14H17F2NO5S. The van der Waals surface area contributed by atoms with Crippen LogP contribution in [-0.2, 0) is 32.1 Å². The first kappa shape index (κ1) is 17.9. The maximum atomic E-state index is 14.3. The molecule has 6 nitrogen and oxygen atoms in total. The van der Waals surface area contributed by atoms with E-state index in [2.05, 4.69) is 4.72 Å². The number of carbonyl (C=O) groups excluding carboxylic acids is 1. The van der Waals surface area contributed by atoms with Gasteiger partial charge in [0.25, 0.3) is 0 Å². The van der Waals surface area contributed by atoms with Gasteiger partial charge in [0.1, 0.15) is 11.6 Å². The Labute approximate surface area is 134 Å². The van der Waals surface area contributed by atoms with Gasteiger partial charge in [-0.25, -0.2) is 17.7 Å². The summed E-state index contributed by atoms with van der Waals surface area (Å²) in [7, 11) is 1.25. The Morgan fingerprint density at radius 2 is 2.22 bits per heavy atom. The van der Waals surface area contributed by atoms with Gasteiger partial charge < -0.3 is 9.47 Å². The lowest BCUT2D eigenvalue weighted by Crippen LogP contribution is -2.33. The molecule has 0 bridgehead atoms. The van der Waals surface area contributed by atoms with Gasteiger partial charge in [-0.15, -0.1) is 0 Å². The zero-order valence-electron chi connectivity index (χ0n) is 12.4. The molecule has 1 aliphatic heterocycles. The van der Waals surface area contributed by atoms with Gasteiger partial charge in [-0.05, 0) is 24.1 Å². The molecular weight excluding hydrogens is 332 g/mol. The number of esters is 1. The van der Waals surface area contributed by atoms with Gasteiger partial charge in [0.2, 0.25) is 11.3 Å². The fourth-order valence-corrected chi connectivity index (χ4v) is 2.92. The predicted molar refractivity (Wildman–Crippen MR) is 77.7 cm³/mol. The fourth-order valence-electron chi connectivity index (χ4n) is 2.64. The molecule has 1 heterocycles. The Balaban J connectivity index is 2.29. The van der Waals surface area contributed by atoms with Crippen molar-refractivity contribution in [2.24, 2.45) is 5.92 Å². The van der Waals surface area contributed by atoms with Crippen LogP contribution in [0.15, 0.2) is 12.1 Å². The van der Waals surface area contributed by atoms with Gasteiger partial charge in [-0.2, -0.15) is 0 Å². The third kappa shape index (κ3) is 4.31. The summed E-state index contributed by atoms with van der Waals surface area (Å²) in [5, 5.41) is 0. The number of carbonyl (C=O) groups is 1. The van der Waals surface area contributed by atoms with Crippen LogP contribution in [0.1, 0.15) is 23.5 Å². The second kappa shape index (κ2) is 7.91. The second-order valence-electron chi connectivity index (χ2n) is 5.14. The van der Waals surface area contributed by atoms with E-state index in [1.807, 2.05) is 0 Å². The Morgan fingerprint density at radius 3 is 2.87 bits per heavy atom. The zero-order valence-corrected chi connectivity index (χ0v) is 13.2. The predicted octanol–water partition coefficient (Wildman–Crippen LogP) is 1.48. The number of rotatable bonds is 5. The molecule has 2 rings (SSSR count). The quantitative estimate of drug-likeness (QED) is 0.621. The van der Waals surface area contributed by atoms with E-state index in [4.69, 9.17) is 14.0 Å². The normalized spacial score (nSPS) is 22.6. The molecule has 1 aromatic carbocycles. The van der Waals surface area contributed by atoms with Crippen molar-refractivity contribution in [2.75, 3.05) is 20.3 Å². The molecule has 1 unspecified atom stereocenters. The molecule has 0 aromatic heterocycles. The van der Waals surface area contributed by atoms with Crippen LogP contribution in [0.5, 0.6) is 0 Å². The van der Waals surface area contributed by atoms with Crippen molar-refractivity contribution >= 4 is 17.2 Å².